The van der Waals surface area contributed by atoms with Crippen LogP contribution in [-0.2, 0) is 20.2 Å². The lowest BCUT2D eigenvalue weighted by Gasteiger charge is -2.29. The summed E-state index contributed by atoms with van der Waals surface area (Å²) in [6.45, 7) is 11.3. The Bertz CT molecular complexity index is 1020. The van der Waals surface area contributed by atoms with Crippen molar-refractivity contribution >= 4 is 27.3 Å². The van der Waals surface area contributed by atoms with Gasteiger partial charge in [-0.1, -0.05) is 32.9 Å². The van der Waals surface area contributed by atoms with Crippen molar-refractivity contribution < 1.29 is 17.9 Å². The van der Waals surface area contributed by atoms with E-state index in [2.05, 4.69) is 42.5 Å². The summed E-state index contributed by atoms with van der Waals surface area (Å²) in [6.07, 6.45) is 1.95. The number of carbonyl (C=O) groups excluding carboxylic acids is 1. The third kappa shape index (κ3) is 7.55. The number of carbonyl (C=O) groups is 1. The van der Waals surface area contributed by atoms with Crippen molar-refractivity contribution in [3.8, 4) is 0 Å². The van der Waals surface area contributed by atoms with E-state index in [1.54, 1.807) is 24.3 Å². The van der Waals surface area contributed by atoms with Crippen LogP contribution in [0.15, 0.2) is 48.5 Å². The monoisotopic (exact) mass is 473 g/mol. The summed E-state index contributed by atoms with van der Waals surface area (Å²) in [5.41, 5.74) is 3.05. The second kappa shape index (κ2) is 10.7. The van der Waals surface area contributed by atoms with Gasteiger partial charge in [0.25, 0.3) is 5.91 Å². The zero-order valence-corrected chi connectivity index (χ0v) is 20.8. The molecule has 1 heterocycles. The van der Waals surface area contributed by atoms with E-state index in [0.29, 0.717) is 17.8 Å². The molecule has 2 aromatic rings. The number of hydrogen-bond donors (Lipinski definition) is 1. The van der Waals surface area contributed by atoms with Gasteiger partial charge in [0, 0.05) is 43.1 Å². The van der Waals surface area contributed by atoms with Crippen molar-refractivity contribution in [3.05, 3.63) is 59.7 Å². The fourth-order valence-corrected chi connectivity index (χ4v) is 4.38. The van der Waals surface area contributed by atoms with Gasteiger partial charge in [0.15, 0.2) is 0 Å². The zero-order valence-electron chi connectivity index (χ0n) is 20.0. The predicted octanol–water partition coefficient (Wildman–Crippen LogP) is 3.72. The second-order valence-electron chi connectivity index (χ2n) is 9.51. The number of hydrogen-bond acceptors (Lipinski definition) is 5. The third-order valence-electron chi connectivity index (χ3n) is 5.69. The smallest absolute Gasteiger partial charge is 0.258 e. The molecule has 0 atom stereocenters. The Hall–Kier alpha value is -2.42. The average molecular weight is 474 g/mol. The number of benzene rings is 2. The molecule has 33 heavy (non-hydrogen) atoms. The molecule has 8 heteroatoms. The van der Waals surface area contributed by atoms with Gasteiger partial charge in [0.1, 0.15) is 0 Å². The summed E-state index contributed by atoms with van der Waals surface area (Å²) in [5.74, 6) is -0.105. The molecule has 0 saturated carbocycles. The topological polar surface area (TPSA) is 79.0 Å². The number of amides is 1. The van der Waals surface area contributed by atoms with Crippen LogP contribution in [-0.4, -0.2) is 64.9 Å². The predicted molar refractivity (Wildman–Crippen MR) is 134 cm³/mol. The Morgan fingerprint density at radius 1 is 1.03 bits per heavy atom. The van der Waals surface area contributed by atoms with E-state index in [-0.39, 0.29) is 11.3 Å². The first-order chi connectivity index (χ1) is 15.5. The molecule has 1 fully saturated rings. The van der Waals surface area contributed by atoms with Crippen molar-refractivity contribution in [2.45, 2.75) is 32.6 Å². The number of ether oxygens (including phenoxy) is 1. The SMILES string of the molecule is CC(C)(C)c1ccc(N(CCCN2CCOCC2)C(=O)c2ccc(NS(C)(=O)=O)cc2)cc1. The molecule has 0 bridgehead atoms. The lowest BCUT2D eigenvalue weighted by Crippen LogP contribution is -2.39. The summed E-state index contributed by atoms with van der Waals surface area (Å²) in [5, 5.41) is 0. The number of anilines is 2. The van der Waals surface area contributed by atoms with E-state index < -0.39 is 10.0 Å². The highest BCUT2D eigenvalue weighted by Crippen LogP contribution is 2.26. The Labute approximate surface area is 197 Å². The molecule has 1 N–H and O–H groups in total. The van der Waals surface area contributed by atoms with Crippen LogP contribution in [0.2, 0.25) is 0 Å². The highest BCUT2D eigenvalue weighted by Gasteiger charge is 2.20. The summed E-state index contributed by atoms with van der Waals surface area (Å²) in [6, 6.07) is 14.7. The van der Waals surface area contributed by atoms with Crippen molar-refractivity contribution in [2.75, 3.05) is 55.3 Å². The van der Waals surface area contributed by atoms with Gasteiger partial charge in [-0.25, -0.2) is 8.42 Å². The quantitative estimate of drug-likeness (QED) is 0.632. The molecular formula is C25H35N3O4S. The molecule has 1 aliphatic rings. The van der Waals surface area contributed by atoms with E-state index in [9.17, 15) is 13.2 Å². The second-order valence-corrected chi connectivity index (χ2v) is 11.3. The summed E-state index contributed by atoms with van der Waals surface area (Å²) >= 11 is 0. The number of sulfonamides is 1. The van der Waals surface area contributed by atoms with Crippen LogP contribution in [0.4, 0.5) is 11.4 Å². The van der Waals surface area contributed by atoms with Crippen molar-refractivity contribution in [1.29, 1.82) is 0 Å². The van der Waals surface area contributed by atoms with E-state index in [4.69, 9.17) is 4.74 Å². The van der Waals surface area contributed by atoms with Gasteiger partial charge in [-0.05, 0) is 53.8 Å². The van der Waals surface area contributed by atoms with Gasteiger partial charge < -0.3 is 9.64 Å². The number of nitrogens with one attached hydrogen (secondary N) is 1. The minimum absolute atomic E-state index is 0.0339. The Morgan fingerprint density at radius 2 is 1.64 bits per heavy atom. The lowest BCUT2D eigenvalue weighted by molar-refractivity contribution is 0.0376. The van der Waals surface area contributed by atoms with Crippen LogP contribution in [0.3, 0.4) is 0 Å². The summed E-state index contributed by atoms with van der Waals surface area (Å²) < 4.78 is 30.8. The van der Waals surface area contributed by atoms with E-state index >= 15 is 0 Å². The lowest BCUT2D eigenvalue weighted by atomic mass is 9.87. The fraction of sp³-hybridized carbons (Fsp3) is 0.480. The summed E-state index contributed by atoms with van der Waals surface area (Å²) in [7, 11) is -3.37. The molecule has 0 aliphatic carbocycles. The highest BCUT2D eigenvalue weighted by atomic mass is 32.2. The minimum Gasteiger partial charge on any atom is -0.379 e. The van der Waals surface area contributed by atoms with Crippen LogP contribution in [0.1, 0.15) is 43.1 Å². The first-order valence-corrected chi connectivity index (χ1v) is 13.2. The molecule has 0 aromatic heterocycles. The third-order valence-corrected chi connectivity index (χ3v) is 6.29. The molecule has 2 aromatic carbocycles. The molecule has 1 aliphatic heterocycles. The molecule has 0 spiro atoms. The maximum Gasteiger partial charge on any atom is 0.258 e. The number of nitrogens with zero attached hydrogens (tertiary/aromatic N) is 2. The zero-order chi connectivity index (χ0) is 24.1. The van der Waals surface area contributed by atoms with Crippen LogP contribution >= 0.6 is 0 Å². The van der Waals surface area contributed by atoms with Gasteiger partial charge in [-0.3, -0.25) is 14.4 Å². The Balaban J connectivity index is 1.78. The average Bonchev–Trinajstić information content (AvgIpc) is 2.76. The van der Waals surface area contributed by atoms with Gasteiger partial charge in [-0.15, -0.1) is 0 Å². The normalized spacial score (nSPS) is 15.3. The number of morpholine rings is 1. The van der Waals surface area contributed by atoms with Gasteiger partial charge in [0.05, 0.1) is 19.5 Å². The van der Waals surface area contributed by atoms with Crippen LogP contribution in [0.5, 0.6) is 0 Å². The van der Waals surface area contributed by atoms with Gasteiger partial charge in [0.2, 0.25) is 10.0 Å². The first kappa shape index (κ1) is 25.2. The van der Waals surface area contributed by atoms with Crippen molar-refractivity contribution in [1.82, 2.24) is 4.90 Å². The molecule has 0 radical (unpaired) electrons. The highest BCUT2D eigenvalue weighted by molar-refractivity contribution is 7.92. The molecule has 7 nitrogen and oxygen atoms in total. The largest absolute Gasteiger partial charge is 0.379 e. The van der Waals surface area contributed by atoms with Crippen molar-refractivity contribution in [2.24, 2.45) is 0 Å². The maximum atomic E-state index is 13.5. The Kier molecular flexibility index (Phi) is 8.15. The fourth-order valence-electron chi connectivity index (χ4n) is 3.82. The molecule has 3 rings (SSSR count). The molecular weight excluding hydrogens is 438 g/mol. The minimum atomic E-state index is -3.37. The van der Waals surface area contributed by atoms with E-state index in [1.165, 1.54) is 5.56 Å². The van der Waals surface area contributed by atoms with E-state index in [0.717, 1.165) is 51.2 Å². The first-order valence-electron chi connectivity index (χ1n) is 11.3. The van der Waals surface area contributed by atoms with Crippen LogP contribution in [0.25, 0.3) is 0 Å². The molecule has 1 saturated heterocycles. The molecule has 1 amide bonds. The number of rotatable bonds is 8. The molecule has 180 valence electrons. The van der Waals surface area contributed by atoms with Gasteiger partial charge >= 0.3 is 0 Å². The van der Waals surface area contributed by atoms with Crippen LogP contribution in [0, 0.1) is 0 Å². The Morgan fingerprint density at radius 3 is 2.18 bits per heavy atom. The van der Waals surface area contributed by atoms with Gasteiger partial charge in [-0.2, -0.15) is 0 Å². The van der Waals surface area contributed by atoms with Crippen molar-refractivity contribution in [3.63, 3.8) is 0 Å². The standard InChI is InChI=1S/C25H35N3O4S/c1-25(2,3)21-8-12-23(13-9-21)28(15-5-14-27-16-18-32-19-17-27)24(29)20-6-10-22(11-7-20)26-33(4,30)31/h6-13,26H,5,14-19H2,1-4H3. The molecule has 0 unspecified atom stereocenters. The summed E-state index contributed by atoms with van der Waals surface area (Å²) in [4.78, 5) is 17.6. The maximum absolute atomic E-state index is 13.5. The van der Waals surface area contributed by atoms with Crippen LogP contribution < -0.4 is 9.62 Å². The van der Waals surface area contributed by atoms with E-state index in [1.807, 2.05) is 17.0 Å².